The first-order chi connectivity index (χ1) is 15.0. The van der Waals surface area contributed by atoms with Crippen molar-refractivity contribution >= 4 is 23.9 Å². The summed E-state index contributed by atoms with van der Waals surface area (Å²) in [5, 5.41) is 2.61. The summed E-state index contributed by atoms with van der Waals surface area (Å²) in [7, 11) is 1.25. The average Bonchev–Trinajstić information content (AvgIpc) is 2.79. The van der Waals surface area contributed by atoms with Crippen LogP contribution >= 0.6 is 0 Å². The van der Waals surface area contributed by atoms with Crippen LogP contribution in [-0.4, -0.2) is 25.0 Å². The van der Waals surface area contributed by atoms with Gasteiger partial charge in [-0.3, -0.25) is 9.59 Å². The normalized spacial score (nSPS) is 10.8. The second kappa shape index (κ2) is 10.0. The molecule has 3 aromatic carbocycles. The van der Waals surface area contributed by atoms with E-state index in [0.29, 0.717) is 16.9 Å². The zero-order valence-corrected chi connectivity index (χ0v) is 17.1. The molecule has 0 aliphatic carbocycles. The molecule has 156 valence electrons. The smallest absolute Gasteiger partial charge is 0.354 e. The molecule has 1 N–H and O–H groups in total. The van der Waals surface area contributed by atoms with Gasteiger partial charge in [-0.2, -0.15) is 0 Å². The summed E-state index contributed by atoms with van der Waals surface area (Å²) in [6.07, 6.45) is 1.53. The first-order valence-corrected chi connectivity index (χ1v) is 9.52. The van der Waals surface area contributed by atoms with Crippen LogP contribution in [0.5, 0.6) is 5.75 Å². The van der Waals surface area contributed by atoms with E-state index in [1.54, 1.807) is 54.6 Å². The first kappa shape index (κ1) is 21.5. The van der Waals surface area contributed by atoms with Crippen LogP contribution in [0.2, 0.25) is 0 Å². The zero-order valence-electron chi connectivity index (χ0n) is 17.1. The topological polar surface area (TPSA) is 81.7 Å². The van der Waals surface area contributed by atoms with Crippen LogP contribution in [0.3, 0.4) is 0 Å². The summed E-state index contributed by atoms with van der Waals surface area (Å²) in [4.78, 5) is 36.2. The largest absolute Gasteiger partial charge is 0.464 e. The predicted molar refractivity (Wildman–Crippen MR) is 117 cm³/mol. The van der Waals surface area contributed by atoms with Crippen LogP contribution in [0.4, 0.5) is 0 Å². The number of ether oxygens (including phenoxy) is 2. The molecule has 0 atom stereocenters. The van der Waals surface area contributed by atoms with E-state index in [0.717, 1.165) is 11.1 Å². The van der Waals surface area contributed by atoms with Gasteiger partial charge < -0.3 is 14.8 Å². The number of hydrogen-bond acceptors (Lipinski definition) is 5. The average molecular weight is 415 g/mol. The molecular weight excluding hydrogens is 394 g/mol. The number of carbonyl (C=O) groups excluding carboxylic acids is 3. The van der Waals surface area contributed by atoms with Gasteiger partial charge in [0, 0.05) is 18.1 Å². The van der Waals surface area contributed by atoms with E-state index >= 15 is 0 Å². The van der Waals surface area contributed by atoms with Crippen molar-refractivity contribution in [3.8, 4) is 16.9 Å². The molecule has 31 heavy (non-hydrogen) atoms. The van der Waals surface area contributed by atoms with E-state index in [4.69, 9.17) is 9.47 Å². The summed E-state index contributed by atoms with van der Waals surface area (Å²) in [5.74, 6) is -1.08. The number of amides is 1. The molecule has 3 aromatic rings. The van der Waals surface area contributed by atoms with Crippen LogP contribution in [-0.2, 0) is 14.3 Å². The minimum absolute atomic E-state index is 0.00164. The number of hydrogen-bond donors (Lipinski definition) is 1. The molecule has 0 radical (unpaired) electrons. The van der Waals surface area contributed by atoms with Crippen molar-refractivity contribution in [3.05, 3.63) is 95.7 Å². The molecule has 0 fully saturated rings. The van der Waals surface area contributed by atoms with Gasteiger partial charge in [0.25, 0.3) is 5.91 Å². The quantitative estimate of drug-likeness (QED) is 0.370. The van der Waals surface area contributed by atoms with E-state index < -0.39 is 17.8 Å². The molecule has 0 aromatic heterocycles. The van der Waals surface area contributed by atoms with Gasteiger partial charge in [0.2, 0.25) is 0 Å². The Morgan fingerprint density at radius 3 is 2.29 bits per heavy atom. The molecular formula is C25H21NO5. The molecule has 0 unspecified atom stereocenters. The molecule has 0 aliphatic rings. The fourth-order valence-electron chi connectivity index (χ4n) is 2.95. The lowest BCUT2D eigenvalue weighted by Gasteiger charge is -2.11. The second-order valence-corrected chi connectivity index (χ2v) is 6.59. The highest BCUT2D eigenvalue weighted by Crippen LogP contribution is 2.30. The molecule has 6 heteroatoms. The Bertz CT molecular complexity index is 1140. The highest BCUT2D eigenvalue weighted by molar-refractivity contribution is 6.03. The third kappa shape index (κ3) is 5.67. The summed E-state index contributed by atoms with van der Waals surface area (Å²) in [6.45, 7) is 1.34. The van der Waals surface area contributed by atoms with Gasteiger partial charge in [-0.05, 0) is 41.5 Å². The van der Waals surface area contributed by atoms with E-state index in [2.05, 4.69) is 5.32 Å². The Morgan fingerprint density at radius 2 is 1.58 bits per heavy atom. The molecule has 0 heterocycles. The fourth-order valence-corrected chi connectivity index (χ4v) is 2.95. The first-order valence-electron chi connectivity index (χ1n) is 9.52. The third-order valence-electron chi connectivity index (χ3n) is 4.34. The van der Waals surface area contributed by atoms with E-state index in [1.807, 2.05) is 24.3 Å². The molecule has 3 rings (SSSR count). The summed E-state index contributed by atoms with van der Waals surface area (Å²) in [6, 6.07) is 23.0. The van der Waals surface area contributed by atoms with Crippen LogP contribution in [0.25, 0.3) is 17.2 Å². The van der Waals surface area contributed by atoms with Gasteiger partial charge in [0.1, 0.15) is 11.4 Å². The maximum absolute atomic E-state index is 12.5. The van der Waals surface area contributed by atoms with E-state index in [1.165, 1.54) is 20.1 Å². The number of nitrogens with one attached hydrogen (secondary N) is 1. The van der Waals surface area contributed by atoms with Gasteiger partial charge >= 0.3 is 11.9 Å². The van der Waals surface area contributed by atoms with Gasteiger partial charge in [-0.25, -0.2) is 4.79 Å². The van der Waals surface area contributed by atoms with E-state index in [-0.39, 0.29) is 5.70 Å². The lowest BCUT2D eigenvalue weighted by atomic mass is 10.0. The van der Waals surface area contributed by atoms with Crippen LogP contribution in [0.1, 0.15) is 22.8 Å². The number of rotatable bonds is 6. The van der Waals surface area contributed by atoms with Crippen molar-refractivity contribution in [1.82, 2.24) is 5.32 Å². The number of para-hydroxylation sites is 1. The molecule has 0 saturated carbocycles. The molecule has 1 amide bonds. The second-order valence-electron chi connectivity index (χ2n) is 6.59. The standard InChI is InChI=1S/C25H21NO5/c1-17(27)31-23-14-7-6-13-21(23)20-12-8-9-18(15-20)16-22(25(29)30-2)26-24(28)19-10-4-3-5-11-19/h3-16H,1-2H3,(H,26,28)/b22-16-. The Kier molecular flexibility index (Phi) is 6.96. The van der Waals surface area contributed by atoms with Crippen molar-refractivity contribution < 1.29 is 23.9 Å². The zero-order chi connectivity index (χ0) is 22.2. The monoisotopic (exact) mass is 415 g/mol. The number of esters is 2. The Labute approximate surface area is 180 Å². The summed E-state index contributed by atoms with van der Waals surface area (Å²) in [5.41, 5.74) is 2.58. The van der Waals surface area contributed by atoms with Gasteiger partial charge in [-0.15, -0.1) is 0 Å². The molecule has 0 bridgehead atoms. The van der Waals surface area contributed by atoms with Crippen molar-refractivity contribution in [2.75, 3.05) is 7.11 Å². The van der Waals surface area contributed by atoms with Gasteiger partial charge in [0.15, 0.2) is 0 Å². The maximum Gasteiger partial charge on any atom is 0.354 e. The Balaban J connectivity index is 1.95. The van der Waals surface area contributed by atoms with Crippen LogP contribution < -0.4 is 10.1 Å². The minimum Gasteiger partial charge on any atom is -0.464 e. The lowest BCUT2D eigenvalue weighted by Crippen LogP contribution is -2.28. The minimum atomic E-state index is -0.671. The highest BCUT2D eigenvalue weighted by Gasteiger charge is 2.15. The number of carbonyl (C=O) groups is 3. The summed E-state index contributed by atoms with van der Waals surface area (Å²) >= 11 is 0. The van der Waals surface area contributed by atoms with Crippen LogP contribution in [0.15, 0.2) is 84.6 Å². The Morgan fingerprint density at radius 1 is 0.871 bits per heavy atom. The fraction of sp³-hybridized carbons (Fsp3) is 0.0800. The third-order valence-corrected chi connectivity index (χ3v) is 4.34. The van der Waals surface area contributed by atoms with Crippen molar-refractivity contribution in [1.29, 1.82) is 0 Å². The maximum atomic E-state index is 12.5. The predicted octanol–water partition coefficient (Wildman–Crippen LogP) is 4.22. The molecule has 0 saturated heterocycles. The van der Waals surface area contributed by atoms with Crippen LogP contribution in [0, 0.1) is 0 Å². The lowest BCUT2D eigenvalue weighted by molar-refractivity contribution is -0.136. The van der Waals surface area contributed by atoms with Crippen molar-refractivity contribution in [3.63, 3.8) is 0 Å². The molecule has 0 spiro atoms. The SMILES string of the molecule is COC(=O)/C(=C/c1cccc(-c2ccccc2OC(C)=O)c1)NC(=O)c1ccccc1. The number of methoxy groups -OCH3 is 1. The molecule has 0 aliphatic heterocycles. The molecule has 6 nitrogen and oxygen atoms in total. The van der Waals surface area contributed by atoms with Crippen molar-refractivity contribution in [2.24, 2.45) is 0 Å². The van der Waals surface area contributed by atoms with Gasteiger partial charge in [0.05, 0.1) is 7.11 Å². The van der Waals surface area contributed by atoms with Gasteiger partial charge in [-0.1, -0.05) is 54.6 Å². The van der Waals surface area contributed by atoms with Crippen molar-refractivity contribution in [2.45, 2.75) is 6.92 Å². The van der Waals surface area contributed by atoms with E-state index in [9.17, 15) is 14.4 Å². The Hall–Kier alpha value is -4.19. The highest BCUT2D eigenvalue weighted by atomic mass is 16.5. The summed E-state index contributed by atoms with van der Waals surface area (Å²) < 4.78 is 10.1. The number of benzene rings is 3.